The smallest absolute Gasteiger partial charge is 0.334 e. The number of hydrogen-bond acceptors (Lipinski definition) is 3. The quantitative estimate of drug-likeness (QED) is 0.302. The van der Waals surface area contributed by atoms with E-state index in [-0.39, 0.29) is 39.7 Å². The lowest BCUT2D eigenvalue weighted by Crippen LogP contribution is -2.66. The molecule has 6 rings (SSSR count). The van der Waals surface area contributed by atoms with E-state index < -0.39 is 0 Å². The van der Waals surface area contributed by atoms with Crippen LogP contribution in [0.1, 0.15) is 99.3 Å². The van der Waals surface area contributed by atoms with Crippen molar-refractivity contribution in [3.63, 3.8) is 0 Å². The number of ketones is 1. The van der Waals surface area contributed by atoms with Crippen LogP contribution >= 0.6 is 0 Å². The van der Waals surface area contributed by atoms with Gasteiger partial charge in [-0.3, -0.25) is 4.79 Å². The second-order valence-corrected chi connectivity index (χ2v) is 14.7. The number of hydrogen-bond donors (Lipinski definition) is 0. The molecule has 3 nitrogen and oxygen atoms in total. The summed E-state index contributed by atoms with van der Waals surface area (Å²) in [5.74, 6) is 2.93. The number of Topliss-reactive ketones (excluding diaryl/α,β-unsaturated/α-hetero) is 1. The maximum absolute atomic E-state index is 12.9. The molecule has 5 saturated carbocycles. The average Bonchev–Trinajstić information content (AvgIpc) is 3.17. The largest absolute Gasteiger partial charge is 0.458 e. The van der Waals surface area contributed by atoms with Crippen LogP contribution in [-0.4, -0.2) is 17.9 Å². The maximum atomic E-state index is 12.9. The van der Waals surface area contributed by atoms with Crippen molar-refractivity contribution < 1.29 is 14.3 Å². The lowest BCUT2D eigenvalue weighted by molar-refractivity contribution is -0.232. The molecule has 4 unspecified atom stereocenters. The van der Waals surface area contributed by atoms with Crippen molar-refractivity contribution in [1.82, 2.24) is 0 Å². The Kier molecular flexibility index (Phi) is 4.30. The monoisotopic (exact) mass is 452 g/mol. The summed E-state index contributed by atoms with van der Waals surface area (Å²) < 4.78 is 5.85. The predicted octanol–water partition coefficient (Wildman–Crippen LogP) is 6.75. The molecular formula is C30H44O3. The highest BCUT2D eigenvalue weighted by molar-refractivity contribution is 5.91. The van der Waals surface area contributed by atoms with Gasteiger partial charge in [0.25, 0.3) is 0 Å². The van der Waals surface area contributed by atoms with E-state index in [9.17, 15) is 9.59 Å². The molecule has 0 aromatic heterocycles. The number of fused-ring (bicyclic) bond motifs is 9. The average molecular weight is 453 g/mol. The Morgan fingerprint density at radius 1 is 0.848 bits per heavy atom. The molecule has 0 N–H and O–H groups in total. The maximum Gasteiger partial charge on any atom is 0.334 e. The molecule has 0 aromatic rings. The Labute approximate surface area is 200 Å². The van der Waals surface area contributed by atoms with E-state index in [2.05, 4.69) is 48.1 Å². The molecule has 33 heavy (non-hydrogen) atoms. The van der Waals surface area contributed by atoms with Gasteiger partial charge in [-0.25, -0.2) is 4.79 Å². The second-order valence-electron chi connectivity index (χ2n) is 14.7. The number of ether oxygens (including phenoxy) is 1. The zero-order valence-corrected chi connectivity index (χ0v) is 21.8. The van der Waals surface area contributed by atoms with Crippen molar-refractivity contribution in [3.05, 3.63) is 12.2 Å². The molecule has 182 valence electrons. The molecule has 6 aliphatic rings. The number of esters is 1. The van der Waals surface area contributed by atoms with Gasteiger partial charge in [0.2, 0.25) is 0 Å². The van der Waals surface area contributed by atoms with Gasteiger partial charge in [-0.05, 0) is 96.7 Å². The van der Waals surface area contributed by atoms with E-state index in [4.69, 9.17) is 4.74 Å². The molecule has 5 aliphatic carbocycles. The number of rotatable bonds is 0. The third-order valence-electron chi connectivity index (χ3n) is 13.5. The van der Waals surface area contributed by atoms with Gasteiger partial charge >= 0.3 is 5.97 Å². The Hall–Kier alpha value is -1.12. The standard InChI is InChI=1S/C30H44O3/c1-17-23-19(33-25(17)32)16-27(4)14-15-29(6)18(24(23)27)8-9-21-28(5)12-11-22(31)26(2,3)20(28)10-13-30(21,29)7/h18-21,23-24H,1,8-16H2,2-7H3/t18?,19-,20?,21?,23-,24?,27+,28+,29-,30-/m1/s1. The summed E-state index contributed by atoms with van der Waals surface area (Å²) in [7, 11) is 0. The van der Waals surface area contributed by atoms with Crippen LogP contribution < -0.4 is 0 Å². The van der Waals surface area contributed by atoms with Gasteiger partial charge in [-0.2, -0.15) is 0 Å². The summed E-state index contributed by atoms with van der Waals surface area (Å²) >= 11 is 0. The Bertz CT molecular complexity index is 948. The lowest BCUT2D eigenvalue weighted by atomic mass is 9.32. The van der Waals surface area contributed by atoms with E-state index in [0.717, 1.165) is 24.8 Å². The summed E-state index contributed by atoms with van der Waals surface area (Å²) in [5.41, 5.74) is 1.67. The molecule has 0 spiro atoms. The minimum atomic E-state index is -0.185. The first-order chi connectivity index (χ1) is 15.3. The summed E-state index contributed by atoms with van der Waals surface area (Å²) in [4.78, 5) is 25.4. The zero-order valence-electron chi connectivity index (χ0n) is 21.8. The molecule has 1 aliphatic heterocycles. The van der Waals surface area contributed by atoms with E-state index >= 15 is 0 Å². The zero-order chi connectivity index (χ0) is 23.8. The van der Waals surface area contributed by atoms with Gasteiger partial charge in [-0.15, -0.1) is 0 Å². The first-order valence-corrected chi connectivity index (χ1v) is 13.7. The topological polar surface area (TPSA) is 43.4 Å². The highest BCUT2D eigenvalue weighted by atomic mass is 16.6. The van der Waals surface area contributed by atoms with Gasteiger partial charge < -0.3 is 4.74 Å². The molecule has 1 saturated heterocycles. The van der Waals surface area contributed by atoms with Crippen LogP contribution in [0.5, 0.6) is 0 Å². The number of carbonyl (C=O) groups excluding carboxylic acids is 2. The van der Waals surface area contributed by atoms with Gasteiger partial charge in [0.05, 0.1) is 0 Å². The van der Waals surface area contributed by atoms with Crippen LogP contribution in [0.4, 0.5) is 0 Å². The molecular weight excluding hydrogens is 408 g/mol. The Morgan fingerprint density at radius 3 is 2.30 bits per heavy atom. The molecule has 1 heterocycles. The van der Waals surface area contributed by atoms with Crippen LogP contribution in [0.2, 0.25) is 0 Å². The Morgan fingerprint density at radius 2 is 1.58 bits per heavy atom. The van der Waals surface area contributed by atoms with Gasteiger partial charge in [0.15, 0.2) is 0 Å². The van der Waals surface area contributed by atoms with Gasteiger partial charge in [0, 0.05) is 23.3 Å². The molecule has 0 radical (unpaired) electrons. The van der Waals surface area contributed by atoms with E-state index in [1.807, 2.05) is 0 Å². The Balaban J connectivity index is 1.40. The first-order valence-electron chi connectivity index (χ1n) is 13.7. The lowest BCUT2D eigenvalue weighted by Gasteiger charge is -2.72. The van der Waals surface area contributed by atoms with Crippen LogP contribution in [-0.2, 0) is 14.3 Å². The fraction of sp³-hybridized carbons (Fsp3) is 0.867. The minimum Gasteiger partial charge on any atom is -0.458 e. The van der Waals surface area contributed by atoms with E-state index in [0.29, 0.717) is 34.9 Å². The highest BCUT2D eigenvalue weighted by Gasteiger charge is 2.72. The van der Waals surface area contributed by atoms with Crippen molar-refractivity contribution >= 4 is 11.8 Å². The van der Waals surface area contributed by atoms with Crippen molar-refractivity contribution in [3.8, 4) is 0 Å². The molecule has 3 heteroatoms. The summed E-state index contributed by atoms with van der Waals surface area (Å²) in [6.07, 6.45) is 10.4. The summed E-state index contributed by atoms with van der Waals surface area (Å²) in [6, 6.07) is 0. The van der Waals surface area contributed by atoms with Crippen LogP contribution in [0.3, 0.4) is 0 Å². The van der Waals surface area contributed by atoms with Crippen molar-refractivity contribution in [1.29, 1.82) is 0 Å². The van der Waals surface area contributed by atoms with Crippen LogP contribution in [0.15, 0.2) is 12.2 Å². The SMILES string of the molecule is C=C1C(=O)O[C@@H]2C[C@]3(C)CC[C@]4(C)C(CCC5[C@@]6(C)CCC(=O)C(C)(C)C6CC[C@]54C)C3[C@H]12. The fourth-order valence-corrected chi connectivity index (χ4v) is 11.7. The molecule has 10 atom stereocenters. The van der Waals surface area contributed by atoms with Crippen LogP contribution in [0, 0.1) is 56.7 Å². The third-order valence-corrected chi connectivity index (χ3v) is 13.5. The fourth-order valence-electron chi connectivity index (χ4n) is 11.7. The molecule has 0 amide bonds. The minimum absolute atomic E-state index is 0.0614. The first kappa shape index (κ1) is 22.4. The normalized spacial score (nSPS) is 56.8. The van der Waals surface area contributed by atoms with Crippen LogP contribution in [0.25, 0.3) is 0 Å². The van der Waals surface area contributed by atoms with E-state index in [1.54, 1.807) is 0 Å². The molecule has 0 aromatic carbocycles. The third kappa shape index (κ3) is 2.43. The van der Waals surface area contributed by atoms with Crippen molar-refractivity contribution in [2.24, 2.45) is 56.7 Å². The van der Waals surface area contributed by atoms with E-state index in [1.165, 1.54) is 38.5 Å². The molecule has 6 fully saturated rings. The van der Waals surface area contributed by atoms with Crippen molar-refractivity contribution in [2.75, 3.05) is 0 Å². The molecule has 0 bridgehead atoms. The summed E-state index contributed by atoms with van der Waals surface area (Å²) in [5, 5.41) is 0. The second kappa shape index (κ2) is 6.35. The van der Waals surface area contributed by atoms with Gasteiger partial charge in [0.1, 0.15) is 11.9 Å². The summed E-state index contributed by atoms with van der Waals surface area (Å²) in [6.45, 7) is 19.0. The van der Waals surface area contributed by atoms with Gasteiger partial charge in [-0.1, -0.05) is 48.1 Å². The number of carbonyl (C=O) groups is 2. The van der Waals surface area contributed by atoms with Crippen molar-refractivity contribution in [2.45, 2.75) is 105 Å². The predicted molar refractivity (Wildman–Crippen MR) is 129 cm³/mol. The highest BCUT2D eigenvalue weighted by Crippen LogP contribution is 2.77.